The molecule has 0 saturated carbocycles. The van der Waals surface area contributed by atoms with Gasteiger partial charge < -0.3 is 10.6 Å². The van der Waals surface area contributed by atoms with Crippen molar-refractivity contribution in [2.24, 2.45) is 10.5 Å². The van der Waals surface area contributed by atoms with Gasteiger partial charge in [-0.1, -0.05) is 37.6 Å². The molecule has 1 heterocycles. The third kappa shape index (κ3) is 4.43. The van der Waals surface area contributed by atoms with E-state index in [4.69, 9.17) is 11.6 Å². The molecule has 6 nitrogen and oxygen atoms in total. The van der Waals surface area contributed by atoms with Crippen molar-refractivity contribution >= 4 is 40.6 Å². The lowest BCUT2D eigenvalue weighted by Crippen LogP contribution is -2.39. The molecule has 0 saturated heterocycles. The molecule has 27 heavy (non-hydrogen) atoms. The standard InChI is InChI=1S/C19H18ClFN4O2/c1-19(2)10-16(26)24-25-17(19)11-4-3-5-12(8-11)22-18(27)23-13-6-7-15(21)14(20)9-13/h3-9H,10H2,1-2H3,(H,24,26)(H2,22,23,27). The average molecular weight is 389 g/mol. The van der Waals surface area contributed by atoms with E-state index in [9.17, 15) is 14.0 Å². The van der Waals surface area contributed by atoms with Gasteiger partial charge >= 0.3 is 6.03 Å². The Balaban J connectivity index is 1.75. The van der Waals surface area contributed by atoms with Crippen LogP contribution >= 0.6 is 11.6 Å². The van der Waals surface area contributed by atoms with Crippen molar-refractivity contribution in [3.05, 3.63) is 58.9 Å². The Kier molecular flexibility index (Phi) is 5.14. The zero-order valence-corrected chi connectivity index (χ0v) is 15.5. The zero-order valence-electron chi connectivity index (χ0n) is 14.8. The SMILES string of the molecule is CC1(C)CC(=O)NN=C1c1cccc(NC(=O)Nc2ccc(F)c(Cl)c2)c1. The summed E-state index contributed by atoms with van der Waals surface area (Å²) in [6, 6.07) is 10.6. The van der Waals surface area contributed by atoms with E-state index in [1.807, 2.05) is 19.9 Å². The Labute approximate surface area is 160 Å². The van der Waals surface area contributed by atoms with Gasteiger partial charge in [0, 0.05) is 28.8 Å². The molecule has 3 N–H and O–H groups in total. The van der Waals surface area contributed by atoms with Gasteiger partial charge in [-0.3, -0.25) is 4.79 Å². The van der Waals surface area contributed by atoms with Gasteiger partial charge in [0.2, 0.25) is 5.91 Å². The Morgan fingerprint density at radius 1 is 1.19 bits per heavy atom. The van der Waals surface area contributed by atoms with E-state index in [2.05, 4.69) is 21.2 Å². The third-order valence-electron chi connectivity index (χ3n) is 4.11. The van der Waals surface area contributed by atoms with Gasteiger partial charge in [0.05, 0.1) is 10.7 Å². The van der Waals surface area contributed by atoms with E-state index in [0.717, 1.165) is 11.3 Å². The molecule has 0 atom stereocenters. The first-order valence-corrected chi connectivity index (χ1v) is 8.63. The Hall–Kier alpha value is -2.93. The molecule has 140 valence electrons. The smallest absolute Gasteiger partial charge is 0.308 e. The van der Waals surface area contributed by atoms with Crippen LogP contribution in [0.1, 0.15) is 25.8 Å². The number of hydrogen-bond donors (Lipinski definition) is 3. The minimum atomic E-state index is -0.557. The Morgan fingerprint density at radius 3 is 2.56 bits per heavy atom. The van der Waals surface area contributed by atoms with Crippen LogP contribution in [0.2, 0.25) is 5.02 Å². The van der Waals surface area contributed by atoms with E-state index < -0.39 is 17.3 Å². The molecule has 2 aromatic rings. The number of amides is 3. The van der Waals surface area contributed by atoms with Crippen LogP contribution in [0.3, 0.4) is 0 Å². The highest BCUT2D eigenvalue weighted by molar-refractivity contribution is 6.31. The highest BCUT2D eigenvalue weighted by atomic mass is 35.5. The molecule has 0 fully saturated rings. The number of carbonyl (C=O) groups excluding carboxylic acids is 2. The number of anilines is 2. The van der Waals surface area contributed by atoms with Crippen LogP contribution in [0.4, 0.5) is 20.6 Å². The predicted octanol–water partition coefficient (Wildman–Crippen LogP) is 4.37. The lowest BCUT2D eigenvalue weighted by Gasteiger charge is -2.29. The second-order valence-electron chi connectivity index (χ2n) is 6.84. The quantitative estimate of drug-likeness (QED) is 0.729. The molecule has 3 amide bonds. The van der Waals surface area contributed by atoms with Gasteiger partial charge in [0.15, 0.2) is 0 Å². The largest absolute Gasteiger partial charge is 0.323 e. The van der Waals surface area contributed by atoms with E-state index in [1.54, 1.807) is 18.2 Å². The maximum absolute atomic E-state index is 13.2. The van der Waals surface area contributed by atoms with Gasteiger partial charge in [-0.05, 0) is 30.3 Å². The number of carbonyl (C=O) groups is 2. The van der Waals surface area contributed by atoms with Gasteiger partial charge in [0.25, 0.3) is 0 Å². The molecule has 1 aliphatic heterocycles. The molecule has 0 bridgehead atoms. The normalized spacial score (nSPS) is 15.6. The monoisotopic (exact) mass is 388 g/mol. The molecule has 0 radical (unpaired) electrons. The highest BCUT2D eigenvalue weighted by Gasteiger charge is 2.33. The lowest BCUT2D eigenvalue weighted by molar-refractivity contribution is -0.122. The van der Waals surface area contributed by atoms with Gasteiger partial charge in [-0.25, -0.2) is 14.6 Å². The number of urea groups is 1. The first-order valence-electron chi connectivity index (χ1n) is 8.25. The second-order valence-corrected chi connectivity index (χ2v) is 7.25. The molecular formula is C19H18ClFN4O2. The number of nitrogens with zero attached hydrogens (tertiary/aromatic N) is 1. The third-order valence-corrected chi connectivity index (χ3v) is 4.40. The van der Waals surface area contributed by atoms with E-state index in [-0.39, 0.29) is 10.9 Å². The minimum absolute atomic E-state index is 0.0746. The fourth-order valence-electron chi connectivity index (χ4n) is 2.86. The fourth-order valence-corrected chi connectivity index (χ4v) is 3.04. The summed E-state index contributed by atoms with van der Waals surface area (Å²) >= 11 is 5.71. The molecule has 2 aromatic carbocycles. The van der Waals surface area contributed by atoms with E-state index in [1.165, 1.54) is 18.2 Å². The molecular weight excluding hydrogens is 371 g/mol. The van der Waals surface area contributed by atoms with Gasteiger partial charge in [-0.15, -0.1) is 0 Å². The number of halogens is 2. The van der Waals surface area contributed by atoms with E-state index in [0.29, 0.717) is 17.8 Å². The first kappa shape index (κ1) is 18.8. The molecule has 3 rings (SSSR count). The summed E-state index contributed by atoms with van der Waals surface area (Å²) < 4.78 is 13.2. The summed E-state index contributed by atoms with van der Waals surface area (Å²) in [6.07, 6.45) is 0.329. The van der Waals surface area contributed by atoms with E-state index >= 15 is 0 Å². The lowest BCUT2D eigenvalue weighted by atomic mass is 9.79. The van der Waals surface area contributed by atoms with Gasteiger partial charge in [-0.2, -0.15) is 5.10 Å². The molecule has 0 spiro atoms. The average Bonchev–Trinajstić information content (AvgIpc) is 2.57. The van der Waals surface area contributed by atoms with Crippen molar-refractivity contribution in [3.63, 3.8) is 0 Å². The maximum Gasteiger partial charge on any atom is 0.323 e. The van der Waals surface area contributed by atoms with Gasteiger partial charge in [0.1, 0.15) is 5.82 Å². The van der Waals surface area contributed by atoms with Crippen molar-refractivity contribution in [2.75, 3.05) is 10.6 Å². The summed E-state index contributed by atoms with van der Waals surface area (Å²) in [5, 5.41) is 9.41. The van der Waals surface area contributed by atoms with Crippen molar-refractivity contribution < 1.29 is 14.0 Å². The number of hydrazone groups is 1. The molecule has 0 aromatic heterocycles. The number of nitrogens with one attached hydrogen (secondary N) is 3. The molecule has 1 aliphatic rings. The summed E-state index contributed by atoms with van der Waals surface area (Å²) in [5.74, 6) is -0.686. The second kappa shape index (κ2) is 7.36. The van der Waals surface area contributed by atoms with Crippen LogP contribution in [-0.2, 0) is 4.79 Å². The minimum Gasteiger partial charge on any atom is -0.308 e. The number of rotatable bonds is 3. The summed E-state index contributed by atoms with van der Waals surface area (Å²) in [6.45, 7) is 3.88. The van der Waals surface area contributed by atoms with Crippen LogP contribution in [0, 0.1) is 11.2 Å². The van der Waals surface area contributed by atoms with Crippen LogP contribution in [0.25, 0.3) is 0 Å². The fraction of sp³-hybridized carbons (Fsp3) is 0.211. The first-order chi connectivity index (χ1) is 12.7. The number of benzene rings is 2. The molecule has 0 unspecified atom stereocenters. The summed E-state index contributed by atoms with van der Waals surface area (Å²) in [7, 11) is 0. The Bertz CT molecular complexity index is 943. The predicted molar refractivity (Wildman–Crippen MR) is 104 cm³/mol. The Morgan fingerprint density at radius 2 is 1.89 bits per heavy atom. The topological polar surface area (TPSA) is 82.6 Å². The van der Waals surface area contributed by atoms with Crippen molar-refractivity contribution in [2.45, 2.75) is 20.3 Å². The van der Waals surface area contributed by atoms with Crippen molar-refractivity contribution in [3.8, 4) is 0 Å². The van der Waals surface area contributed by atoms with Crippen molar-refractivity contribution in [1.29, 1.82) is 0 Å². The molecule has 0 aliphatic carbocycles. The van der Waals surface area contributed by atoms with Crippen molar-refractivity contribution in [1.82, 2.24) is 5.43 Å². The summed E-state index contributed by atoms with van der Waals surface area (Å²) in [5.41, 5.74) is 4.52. The maximum atomic E-state index is 13.2. The van der Waals surface area contributed by atoms with Crippen LogP contribution in [0.15, 0.2) is 47.6 Å². The summed E-state index contributed by atoms with van der Waals surface area (Å²) in [4.78, 5) is 23.8. The zero-order chi connectivity index (χ0) is 19.6. The van der Waals surface area contributed by atoms with Crippen LogP contribution in [0.5, 0.6) is 0 Å². The number of hydrogen-bond acceptors (Lipinski definition) is 3. The highest BCUT2D eigenvalue weighted by Crippen LogP contribution is 2.30. The molecule has 8 heteroatoms. The van der Waals surface area contributed by atoms with Crippen LogP contribution in [-0.4, -0.2) is 17.6 Å². The van der Waals surface area contributed by atoms with Crippen LogP contribution < -0.4 is 16.1 Å².